The second kappa shape index (κ2) is 10.1. The maximum Gasteiger partial charge on any atom is 0.255 e. The molecule has 1 N–H and O–H groups in total. The number of nitrogens with one attached hydrogen (secondary N) is 1. The molecule has 1 atom stereocenters. The highest BCUT2D eigenvalue weighted by atomic mass is 35.5. The quantitative estimate of drug-likeness (QED) is 0.743. The molecule has 1 saturated heterocycles. The monoisotopic (exact) mass is 459 g/mol. The third-order valence-electron chi connectivity index (χ3n) is 5.54. The Balaban J connectivity index is 1.63. The van der Waals surface area contributed by atoms with Gasteiger partial charge in [0.1, 0.15) is 11.9 Å². The van der Waals surface area contributed by atoms with E-state index in [9.17, 15) is 18.8 Å². The number of hydrogen-bond acceptors (Lipinski definition) is 3. The third-order valence-corrected chi connectivity index (χ3v) is 5.85. The summed E-state index contributed by atoms with van der Waals surface area (Å²) in [4.78, 5) is 41.8. The van der Waals surface area contributed by atoms with E-state index in [1.807, 2.05) is 26.8 Å². The van der Waals surface area contributed by atoms with Gasteiger partial charge in [-0.05, 0) is 43.2 Å². The zero-order valence-electron chi connectivity index (χ0n) is 18.4. The highest BCUT2D eigenvalue weighted by Gasteiger charge is 2.32. The molecule has 3 rings (SSSR count). The number of carbonyl (C=O) groups is 3. The Kier molecular flexibility index (Phi) is 7.51. The Bertz CT molecular complexity index is 1020. The van der Waals surface area contributed by atoms with Gasteiger partial charge in [0.15, 0.2) is 0 Å². The molecule has 0 saturated carbocycles. The summed E-state index contributed by atoms with van der Waals surface area (Å²) in [6, 6.07) is 10.2. The summed E-state index contributed by atoms with van der Waals surface area (Å²) in [5, 5.41) is 2.93. The van der Waals surface area contributed by atoms with Gasteiger partial charge in [0, 0.05) is 31.7 Å². The summed E-state index contributed by atoms with van der Waals surface area (Å²) >= 11 is 6.02. The molecule has 1 aliphatic heterocycles. The molecule has 0 spiro atoms. The summed E-state index contributed by atoms with van der Waals surface area (Å²) < 4.78 is 13.3. The van der Waals surface area contributed by atoms with Gasteiger partial charge >= 0.3 is 0 Å². The minimum Gasteiger partial charge on any atom is -0.340 e. The number of benzene rings is 2. The molecule has 170 valence electrons. The molecule has 0 aromatic heterocycles. The van der Waals surface area contributed by atoms with E-state index in [2.05, 4.69) is 5.32 Å². The van der Waals surface area contributed by atoms with E-state index in [0.29, 0.717) is 31.7 Å². The molecule has 0 radical (unpaired) electrons. The summed E-state index contributed by atoms with van der Waals surface area (Å²) in [6.45, 7) is 7.01. The molecule has 1 fully saturated rings. The minimum absolute atomic E-state index is 0.0623. The average molecular weight is 460 g/mol. The number of amides is 3. The Morgan fingerprint density at radius 2 is 1.66 bits per heavy atom. The van der Waals surface area contributed by atoms with Gasteiger partial charge in [-0.2, -0.15) is 0 Å². The van der Waals surface area contributed by atoms with E-state index in [4.69, 9.17) is 11.6 Å². The third kappa shape index (κ3) is 5.46. The van der Waals surface area contributed by atoms with Crippen molar-refractivity contribution in [3.8, 4) is 0 Å². The first-order valence-corrected chi connectivity index (χ1v) is 11.0. The minimum atomic E-state index is -0.670. The second-order valence-electron chi connectivity index (χ2n) is 8.31. The van der Waals surface area contributed by atoms with Crippen molar-refractivity contribution in [1.29, 1.82) is 0 Å². The zero-order valence-corrected chi connectivity index (χ0v) is 19.2. The number of aryl methyl sites for hydroxylation is 1. The van der Waals surface area contributed by atoms with Crippen LogP contribution in [0.15, 0.2) is 42.5 Å². The van der Waals surface area contributed by atoms with Crippen molar-refractivity contribution in [2.24, 2.45) is 5.92 Å². The molecule has 1 unspecified atom stereocenters. The number of piperazine rings is 1. The largest absolute Gasteiger partial charge is 0.340 e. The predicted octanol–water partition coefficient (Wildman–Crippen LogP) is 3.53. The maximum atomic E-state index is 13.3. The van der Waals surface area contributed by atoms with Gasteiger partial charge in [-0.25, -0.2) is 4.39 Å². The Morgan fingerprint density at radius 3 is 2.25 bits per heavy atom. The van der Waals surface area contributed by atoms with Crippen molar-refractivity contribution in [2.75, 3.05) is 26.2 Å². The zero-order chi connectivity index (χ0) is 23.4. The summed E-state index contributed by atoms with van der Waals surface area (Å²) in [7, 11) is 0. The van der Waals surface area contributed by atoms with Crippen molar-refractivity contribution in [3.05, 3.63) is 70.0 Å². The molecular formula is C24H27ClFN3O3. The predicted molar refractivity (Wildman–Crippen MR) is 121 cm³/mol. The van der Waals surface area contributed by atoms with Crippen molar-refractivity contribution in [1.82, 2.24) is 15.1 Å². The Labute approximate surface area is 192 Å². The lowest BCUT2D eigenvalue weighted by atomic mass is 10.0. The van der Waals surface area contributed by atoms with E-state index >= 15 is 0 Å². The number of carbonyl (C=O) groups excluding carboxylic acids is 3. The number of rotatable bonds is 5. The van der Waals surface area contributed by atoms with Crippen molar-refractivity contribution < 1.29 is 18.8 Å². The molecule has 2 aromatic carbocycles. The molecule has 1 aliphatic rings. The van der Waals surface area contributed by atoms with E-state index in [0.717, 1.165) is 11.6 Å². The molecule has 3 amide bonds. The second-order valence-corrected chi connectivity index (χ2v) is 8.71. The smallest absolute Gasteiger partial charge is 0.255 e. The number of hydrogen-bond donors (Lipinski definition) is 1. The molecule has 6 nitrogen and oxygen atoms in total. The van der Waals surface area contributed by atoms with Gasteiger partial charge < -0.3 is 15.1 Å². The van der Waals surface area contributed by atoms with Crippen LogP contribution in [0.25, 0.3) is 0 Å². The van der Waals surface area contributed by atoms with Crippen LogP contribution in [0.1, 0.15) is 40.1 Å². The summed E-state index contributed by atoms with van der Waals surface area (Å²) in [5.41, 5.74) is 1.71. The SMILES string of the molecule is Cc1cccc(C(=O)NC(C(=O)N2CCN(C(=O)c3ccc(F)cc3Cl)CC2)C(C)C)c1. The molecular weight excluding hydrogens is 433 g/mol. The van der Waals surface area contributed by atoms with Crippen molar-refractivity contribution >= 4 is 29.3 Å². The van der Waals surface area contributed by atoms with Crippen LogP contribution >= 0.6 is 11.6 Å². The van der Waals surface area contributed by atoms with Crippen molar-refractivity contribution in [3.63, 3.8) is 0 Å². The van der Waals surface area contributed by atoms with E-state index in [1.54, 1.807) is 28.0 Å². The number of halogens is 2. The van der Waals surface area contributed by atoms with Gasteiger partial charge in [-0.3, -0.25) is 14.4 Å². The fourth-order valence-corrected chi connectivity index (χ4v) is 3.93. The highest BCUT2D eigenvalue weighted by Crippen LogP contribution is 2.20. The van der Waals surface area contributed by atoms with Crippen LogP contribution in [0.4, 0.5) is 4.39 Å². The van der Waals surface area contributed by atoms with Crippen LogP contribution in [-0.2, 0) is 4.79 Å². The van der Waals surface area contributed by atoms with Crippen molar-refractivity contribution in [2.45, 2.75) is 26.8 Å². The fraction of sp³-hybridized carbons (Fsp3) is 0.375. The lowest BCUT2D eigenvalue weighted by Crippen LogP contribution is -2.57. The highest BCUT2D eigenvalue weighted by molar-refractivity contribution is 6.33. The lowest BCUT2D eigenvalue weighted by Gasteiger charge is -2.37. The van der Waals surface area contributed by atoms with E-state index < -0.39 is 11.9 Å². The summed E-state index contributed by atoms with van der Waals surface area (Å²) in [6.07, 6.45) is 0. The topological polar surface area (TPSA) is 69.7 Å². The Morgan fingerprint density at radius 1 is 1.00 bits per heavy atom. The van der Waals surface area contributed by atoms with E-state index in [-0.39, 0.29) is 34.2 Å². The summed E-state index contributed by atoms with van der Waals surface area (Å²) in [5.74, 6) is -1.37. The number of nitrogens with zero attached hydrogens (tertiary/aromatic N) is 2. The molecule has 32 heavy (non-hydrogen) atoms. The first kappa shape index (κ1) is 23.7. The van der Waals surface area contributed by atoms with Gasteiger partial charge in [0.2, 0.25) is 5.91 Å². The molecule has 8 heteroatoms. The normalized spacial score (nSPS) is 14.9. The molecule has 2 aromatic rings. The van der Waals surface area contributed by atoms with Crippen LogP contribution in [0.5, 0.6) is 0 Å². The van der Waals surface area contributed by atoms with Crippen LogP contribution in [0, 0.1) is 18.7 Å². The molecule has 0 aliphatic carbocycles. The maximum absolute atomic E-state index is 13.3. The fourth-order valence-electron chi connectivity index (χ4n) is 3.68. The van der Waals surface area contributed by atoms with E-state index in [1.165, 1.54) is 12.1 Å². The standard InChI is InChI=1S/C24H27ClFN3O3/c1-15(2)21(27-22(30)17-6-4-5-16(3)13-17)24(32)29-11-9-28(10-12-29)23(31)19-8-7-18(26)14-20(19)25/h4-8,13-15,21H,9-12H2,1-3H3,(H,27,30). The average Bonchev–Trinajstić information content (AvgIpc) is 2.76. The first-order chi connectivity index (χ1) is 15.2. The first-order valence-electron chi connectivity index (χ1n) is 10.6. The molecule has 1 heterocycles. The molecule has 0 bridgehead atoms. The van der Waals surface area contributed by atoms with Crippen LogP contribution in [-0.4, -0.2) is 59.7 Å². The van der Waals surface area contributed by atoms with Gasteiger partial charge in [0.05, 0.1) is 10.6 Å². The van der Waals surface area contributed by atoms with Gasteiger partial charge in [-0.15, -0.1) is 0 Å². The Hall–Kier alpha value is -2.93. The van der Waals surface area contributed by atoms with Gasteiger partial charge in [-0.1, -0.05) is 43.1 Å². The van der Waals surface area contributed by atoms with Crippen LogP contribution < -0.4 is 5.32 Å². The lowest BCUT2D eigenvalue weighted by molar-refractivity contribution is -0.135. The van der Waals surface area contributed by atoms with Crippen LogP contribution in [0.2, 0.25) is 5.02 Å². The van der Waals surface area contributed by atoms with Crippen LogP contribution in [0.3, 0.4) is 0 Å². The van der Waals surface area contributed by atoms with Gasteiger partial charge in [0.25, 0.3) is 11.8 Å².